The van der Waals surface area contributed by atoms with Crippen LogP contribution in [0.3, 0.4) is 0 Å². The van der Waals surface area contributed by atoms with E-state index in [-0.39, 0.29) is 5.57 Å². The Kier molecular flexibility index (Phi) is 8.70. The van der Waals surface area contributed by atoms with Crippen LogP contribution in [0.5, 0.6) is 11.5 Å². The highest BCUT2D eigenvalue weighted by Crippen LogP contribution is 2.28. The molecular formula is C28H29N3O3. The Morgan fingerprint density at radius 1 is 1.03 bits per heavy atom. The van der Waals surface area contributed by atoms with E-state index in [1.54, 1.807) is 31.4 Å². The quantitative estimate of drug-likeness (QED) is 0.315. The molecule has 6 heteroatoms. The lowest BCUT2D eigenvalue weighted by Crippen LogP contribution is -2.21. The summed E-state index contributed by atoms with van der Waals surface area (Å²) in [5, 5.41) is 12.4. The molecule has 1 N–H and O–H groups in total. The van der Waals surface area contributed by atoms with Crippen LogP contribution in [0.1, 0.15) is 25.0 Å². The SMILES string of the molecule is CCN(CC)c1ccc(/C=C(\C#N)C(=O)Nc2ccc(OCc3ccccc3)cc2)c(OC)c1. The van der Waals surface area contributed by atoms with Gasteiger partial charge in [0.05, 0.1) is 7.11 Å². The maximum Gasteiger partial charge on any atom is 0.266 e. The van der Waals surface area contributed by atoms with Crippen LogP contribution in [-0.4, -0.2) is 26.1 Å². The molecule has 0 aliphatic rings. The van der Waals surface area contributed by atoms with Gasteiger partial charge in [-0.1, -0.05) is 30.3 Å². The summed E-state index contributed by atoms with van der Waals surface area (Å²) < 4.78 is 11.3. The molecule has 174 valence electrons. The van der Waals surface area contributed by atoms with Crippen molar-refractivity contribution in [2.24, 2.45) is 0 Å². The lowest BCUT2D eigenvalue weighted by atomic mass is 10.1. The van der Waals surface area contributed by atoms with Gasteiger partial charge in [-0.05, 0) is 61.9 Å². The standard InChI is InChI=1S/C28H29N3O3/c1-4-31(5-2)25-14-11-22(27(18-25)33-3)17-23(19-29)28(32)30-24-12-15-26(16-13-24)34-20-21-9-7-6-8-10-21/h6-18H,4-5,20H2,1-3H3,(H,30,32)/b23-17+. The largest absolute Gasteiger partial charge is 0.496 e. The lowest BCUT2D eigenvalue weighted by Gasteiger charge is -2.22. The summed E-state index contributed by atoms with van der Waals surface area (Å²) in [6.45, 7) is 6.38. The summed E-state index contributed by atoms with van der Waals surface area (Å²) in [5.41, 5.74) is 3.32. The molecule has 0 saturated carbocycles. The number of methoxy groups -OCH3 is 1. The number of ether oxygens (including phenoxy) is 2. The number of carbonyl (C=O) groups excluding carboxylic acids is 1. The number of amides is 1. The first-order chi connectivity index (χ1) is 16.6. The molecule has 0 radical (unpaired) electrons. The number of anilines is 2. The predicted octanol–water partition coefficient (Wildman–Crippen LogP) is 5.67. The van der Waals surface area contributed by atoms with Crippen LogP contribution in [0.25, 0.3) is 6.08 Å². The van der Waals surface area contributed by atoms with E-state index in [1.807, 2.05) is 54.6 Å². The van der Waals surface area contributed by atoms with Crippen molar-refractivity contribution < 1.29 is 14.3 Å². The van der Waals surface area contributed by atoms with E-state index >= 15 is 0 Å². The van der Waals surface area contributed by atoms with Gasteiger partial charge in [-0.25, -0.2) is 0 Å². The molecule has 6 nitrogen and oxygen atoms in total. The Balaban J connectivity index is 1.69. The Morgan fingerprint density at radius 2 is 1.74 bits per heavy atom. The zero-order valence-electron chi connectivity index (χ0n) is 19.7. The summed E-state index contributed by atoms with van der Waals surface area (Å²) in [5.74, 6) is 0.802. The third kappa shape index (κ3) is 6.39. The Hall–Kier alpha value is -4.24. The molecular weight excluding hydrogens is 426 g/mol. The number of nitrogens with zero attached hydrogens (tertiary/aromatic N) is 2. The monoisotopic (exact) mass is 455 g/mol. The van der Waals surface area contributed by atoms with E-state index in [0.29, 0.717) is 29.4 Å². The molecule has 0 aliphatic heterocycles. The fourth-order valence-corrected chi connectivity index (χ4v) is 3.48. The number of nitriles is 1. The fraction of sp³-hybridized carbons (Fsp3) is 0.214. The van der Waals surface area contributed by atoms with Crippen molar-refractivity contribution in [1.82, 2.24) is 0 Å². The van der Waals surface area contributed by atoms with Crippen molar-refractivity contribution in [1.29, 1.82) is 5.26 Å². The Labute approximate surface area is 201 Å². The minimum atomic E-state index is -0.490. The fourth-order valence-electron chi connectivity index (χ4n) is 3.48. The highest BCUT2D eigenvalue weighted by Gasteiger charge is 2.13. The summed E-state index contributed by atoms with van der Waals surface area (Å²) in [4.78, 5) is 14.9. The molecule has 0 fully saturated rings. The van der Waals surface area contributed by atoms with Gasteiger partial charge in [-0.15, -0.1) is 0 Å². The maximum absolute atomic E-state index is 12.7. The van der Waals surface area contributed by atoms with Crippen molar-refractivity contribution in [3.05, 3.63) is 89.5 Å². The summed E-state index contributed by atoms with van der Waals surface area (Å²) in [6, 6.07) is 24.7. The third-order valence-electron chi connectivity index (χ3n) is 5.37. The van der Waals surface area contributed by atoms with E-state index in [4.69, 9.17) is 9.47 Å². The minimum absolute atomic E-state index is 0.0155. The molecule has 3 aromatic carbocycles. The second-order valence-corrected chi connectivity index (χ2v) is 7.52. The lowest BCUT2D eigenvalue weighted by molar-refractivity contribution is -0.112. The molecule has 0 saturated heterocycles. The van der Waals surface area contributed by atoms with Gasteiger partial charge in [0.25, 0.3) is 5.91 Å². The molecule has 0 aromatic heterocycles. The van der Waals surface area contributed by atoms with Crippen molar-refractivity contribution in [3.63, 3.8) is 0 Å². The average molecular weight is 456 g/mol. The van der Waals surface area contributed by atoms with Crippen LogP contribution in [0.2, 0.25) is 0 Å². The van der Waals surface area contributed by atoms with E-state index in [2.05, 4.69) is 24.1 Å². The Morgan fingerprint density at radius 3 is 2.35 bits per heavy atom. The predicted molar refractivity (Wildman–Crippen MR) is 136 cm³/mol. The highest BCUT2D eigenvalue weighted by atomic mass is 16.5. The molecule has 34 heavy (non-hydrogen) atoms. The highest BCUT2D eigenvalue weighted by molar-refractivity contribution is 6.09. The molecule has 0 bridgehead atoms. The van der Waals surface area contributed by atoms with E-state index in [1.165, 1.54) is 6.08 Å². The molecule has 0 heterocycles. The van der Waals surface area contributed by atoms with E-state index < -0.39 is 5.91 Å². The zero-order chi connectivity index (χ0) is 24.3. The van der Waals surface area contributed by atoms with Crippen LogP contribution in [0.4, 0.5) is 11.4 Å². The average Bonchev–Trinajstić information content (AvgIpc) is 2.88. The number of benzene rings is 3. The van der Waals surface area contributed by atoms with Crippen LogP contribution in [-0.2, 0) is 11.4 Å². The van der Waals surface area contributed by atoms with Crippen LogP contribution >= 0.6 is 0 Å². The van der Waals surface area contributed by atoms with Gasteiger partial charge in [-0.3, -0.25) is 4.79 Å². The third-order valence-corrected chi connectivity index (χ3v) is 5.37. The van der Waals surface area contributed by atoms with Gasteiger partial charge >= 0.3 is 0 Å². The summed E-state index contributed by atoms with van der Waals surface area (Å²) in [6.07, 6.45) is 1.54. The first kappa shape index (κ1) is 24.4. The van der Waals surface area contributed by atoms with Gasteiger partial charge in [0, 0.05) is 36.1 Å². The first-order valence-corrected chi connectivity index (χ1v) is 11.2. The molecule has 0 aliphatic carbocycles. The normalized spacial score (nSPS) is 10.8. The molecule has 0 spiro atoms. The smallest absolute Gasteiger partial charge is 0.266 e. The van der Waals surface area contributed by atoms with Gasteiger partial charge in [0.1, 0.15) is 29.7 Å². The number of rotatable bonds is 10. The molecule has 3 aromatic rings. The van der Waals surface area contributed by atoms with E-state index in [0.717, 1.165) is 24.3 Å². The molecule has 3 rings (SSSR count). The van der Waals surface area contributed by atoms with Crippen LogP contribution in [0.15, 0.2) is 78.4 Å². The summed E-state index contributed by atoms with van der Waals surface area (Å²) in [7, 11) is 1.58. The first-order valence-electron chi connectivity index (χ1n) is 11.2. The summed E-state index contributed by atoms with van der Waals surface area (Å²) >= 11 is 0. The maximum atomic E-state index is 12.7. The van der Waals surface area contributed by atoms with Gasteiger partial charge in [0.15, 0.2) is 0 Å². The second kappa shape index (κ2) is 12.1. The van der Waals surface area contributed by atoms with Crippen LogP contribution < -0.4 is 19.7 Å². The number of hydrogen-bond acceptors (Lipinski definition) is 5. The van der Waals surface area contributed by atoms with Crippen LogP contribution in [0, 0.1) is 11.3 Å². The molecule has 1 amide bonds. The number of nitrogens with one attached hydrogen (secondary N) is 1. The minimum Gasteiger partial charge on any atom is -0.496 e. The van der Waals surface area contributed by atoms with Crippen molar-refractivity contribution >= 4 is 23.4 Å². The molecule has 0 atom stereocenters. The second-order valence-electron chi connectivity index (χ2n) is 7.52. The van der Waals surface area contributed by atoms with Crippen molar-refractivity contribution in [2.45, 2.75) is 20.5 Å². The van der Waals surface area contributed by atoms with Gasteiger partial charge in [-0.2, -0.15) is 5.26 Å². The van der Waals surface area contributed by atoms with Crippen molar-refractivity contribution in [2.75, 3.05) is 30.4 Å². The Bertz CT molecular complexity index is 1160. The van der Waals surface area contributed by atoms with Gasteiger partial charge in [0.2, 0.25) is 0 Å². The molecule has 0 unspecified atom stereocenters. The topological polar surface area (TPSA) is 74.6 Å². The van der Waals surface area contributed by atoms with E-state index in [9.17, 15) is 10.1 Å². The van der Waals surface area contributed by atoms with Crippen molar-refractivity contribution in [3.8, 4) is 17.6 Å². The number of hydrogen-bond donors (Lipinski definition) is 1. The van der Waals surface area contributed by atoms with Gasteiger partial charge < -0.3 is 19.7 Å². The zero-order valence-corrected chi connectivity index (χ0v) is 19.7. The number of carbonyl (C=O) groups is 1.